The van der Waals surface area contributed by atoms with Crippen LogP contribution in [0.4, 0.5) is 0 Å². The first-order valence-corrected chi connectivity index (χ1v) is 5.65. The average molecular weight is 295 g/mol. The highest BCUT2D eigenvalue weighted by atomic mass is 35.5. The highest BCUT2D eigenvalue weighted by Gasteiger charge is 2.24. The number of nitrogens with zero attached hydrogens (tertiary/aromatic N) is 3. The molecule has 1 aromatic heterocycles. The first-order valence-electron chi connectivity index (χ1n) is 5.65. The molecule has 104 valence electrons. The van der Waals surface area contributed by atoms with Crippen LogP contribution in [0.25, 0.3) is 0 Å². The minimum atomic E-state index is 0. The third kappa shape index (κ3) is 3.60. The van der Waals surface area contributed by atoms with Gasteiger partial charge in [-0.1, -0.05) is 6.92 Å². The van der Waals surface area contributed by atoms with E-state index in [4.69, 9.17) is 0 Å². The molecule has 2 rings (SSSR count). The molecule has 1 atom stereocenters. The van der Waals surface area contributed by atoms with Crippen molar-refractivity contribution >= 4 is 30.7 Å². The molecule has 1 N–H and O–H groups in total. The van der Waals surface area contributed by atoms with Gasteiger partial charge in [0.15, 0.2) is 0 Å². The van der Waals surface area contributed by atoms with Crippen molar-refractivity contribution in [1.82, 2.24) is 19.8 Å². The molecule has 0 aliphatic carbocycles. The van der Waals surface area contributed by atoms with Gasteiger partial charge >= 0.3 is 0 Å². The summed E-state index contributed by atoms with van der Waals surface area (Å²) in [6.45, 7) is 4.97. The molecule has 1 unspecified atom stereocenters. The number of carbonyl (C=O) groups is 1. The lowest BCUT2D eigenvalue weighted by molar-refractivity contribution is -0.136. The Hall–Kier alpha value is -0.780. The highest BCUT2D eigenvalue weighted by Crippen LogP contribution is 2.12. The van der Waals surface area contributed by atoms with Crippen LogP contribution in [0.15, 0.2) is 12.4 Å². The number of imidazole rings is 1. The summed E-state index contributed by atoms with van der Waals surface area (Å²) in [4.78, 5) is 18.2. The lowest BCUT2D eigenvalue weighted by Gasteiger charge is -2.29. The first kappa shape index (κ1) is 17.2. The summed E-state index contributed by atoms with van der Waals surface area (Å²) < 4.78 is 2.10. The molecular formula is C11H20Cl2N4O. The van der Waals surface area contributed by atoms with Crippen molar-refractivity contribution in [2.75, 3.05) is 20.1 Å². The largest absolute Gasteiger partial charge is 0.333 e. The number of carbonyl (C=O) groups excluding carboxylic acids is 1. The lowest BCUT2D eigenvalue weighted by Crippen LogP contribution is -2.42. The zero-order valence-electron chi connectivity index (χ0n) is 10.6. The van der Waals surface area contributed by atoms with Crippen LogP contribution in [0.3, 0.4) is 0 Å². The van der Waals surface area contributed by atoms with E-state index in [1.807, 2.05) is 25.1 Å². The number of hydrogen-bond donors (Lipinski definition) is 1. The molecule has 1 aromatic rings. The summed E-state index contributed by atoms with van der Waals surface area (Å²) in [6.07, 6.45) is 3.76. The number of amides is 1. The van der Waals surface area contributed by atoms with Crippen molar-refractivity contribution < 1.29 is 4.79 Å². The Morgan fingerprint density at radius 3 is 2.89 bits per heavy atom. The van der Waals surface area contributed by atoms with Gasteiger partial charge in [0.25, 0.3) is 0 Å². The molecule has 0 bridgehead atoms. The average Bonchev–Trinajstić information content (AvgIpc) is 2.75. The predicted octanol–water partition coefficient (Wildman–Crippen LogP) is 0.924. The van der Waals surface area contributed by atoms with E-state index in [-0.39, 0.29) is 36.6 Å². The van der Waals surface area contributed by atoms with Crippen molar-refractivity contribution in [1.29, 1.82) is 0 Å². The van der Waals surface area contributed by atoms with Gasteiger partial charge in [-0.25, -0.2) is 4.98 Å². The smallest absolute Gasteiger partial charge is 0.227 e. The van der Waals surface area contributed by atoms with Gasteiger partial charge in [-0.05, 0) is 7.05 Å². The zero-order chi connectivity index (χ0) is 11.5. The number of rotatable bonds is 3. The van der Waals surface area contributed by atoms with E-state index < -0.39 is 0 Å². The summed E-state index contributed by atoms with van der Waals surface area (Å²) in [5.74, 6) is 1.23. The van der Waals surface area contributed by atoms with Crippen molar-refractivity contribution in [3.8, 4) is 0 Å². The summed E-state index contributed by atoms with van der Waals surface area (Å²) in [7, 11) is 1.87. The maximum Gasteiger partial charge on any atom is 0.227 e. The molecule has 1 aliphatic rings. The first-order chi connectivity index (χ1) is 7.72. The number of nitrogens with one attached hydrogen (secondary N) is 1. The Kier molecular flexibility index (Phi) is 7.28. The summed E-state index contributed by atoms with van der Waals surface area (Å²) in [5, 5.41) is 3.03. The van der Waals surface area contributed by atoms with Crippen LogP contribution in [-0.2, 0) is 17.9 Å². The van der Waals surface area contributed by atoms with Gasteiger partial charge in [0, 0.05) is 37.9 Å². The molecule has 5 nitrogen and oxygen atoms in total. The summed E-state index contributed by atoms with van der Waals surface area (Å²) in [6, 6.07) is 0. The van der Waals surface area contributed by atoms with Crippen LogP contribution in [-0.4, -0.2) is 40.5 Å². The molecule has 0 fully saturated rings. The van der Waals surface area contributed by atoms with Crippen molar-refractivity contribution in [2.24, 2.45) is 5.92 Å². The molecule has 0 aromatic carbocycles. The standard InChI is InChI=1S/C11H18N4O.2ClH/c1-9(7-12-2)11(16)15-6-5-14-4-3-13-10(14)8-15;;/h3-4,9,12H,5-8H2,1-2H3;2*1H. The van der Waals surface area contributed by atoms with Gasteiger partial charge in [-0.15, -0.1) is 24.8 Å². The topological polar surface area (TPSA) is 50.2 Å². The Morgan fingerprint density at radius 2 is 2.22 bits per heavy atom. The van der Waals surface area contributed by atoms with Crippen molar-refractivity contribution in [3.63, 3.8) is 0 Å². The van der Waals surface area contributed by atoms with Gasteiger partial charge in [0.1, 0.15) is 5.82 Å². The van der Waals surface area contributed by atoms with Gasteiger partial charge in [-0.3, -0.25) is 4.79 Å². The number of aromatic nitrogens is 2. The molecule has 2 heterocycles. The molecule has 0 saturated carbocycles. The molecule has 7 heteroatoms. The van der Waals surface area contributed by atoms with Gasteiger partial charge in [-0.2, -0.15) is 0 Å². The molecule has 1 aliphatic heterocycles. The van der Waals surface area contributed by atoms with Crippen LogP contribution < -0.4 is 5.32 Å². The Labute approximate surface area is 120 Å². The second kappa shape index (κ2) is 7.61. The lowest BCUT2D eigenvalue weighted by atomic mass is 10.1. The highest BCUT2D eigenvalue weighted by molar-refractivity contribution is 5.85. The summed E-state index contributed by atoms with van der Waals surface area (Å²) >= 11 is 0. The maximum absolute atomic E-state index is 12.1. The van der Waals surface area contributed by atoms with Gasteiger partial charge in [0.05, 0.1) is 6.54 Å². The maximum atomic E-state index is 12.1. The van der Waals surface area contributed by atoms with Gasteiger partial charge in [0.2, 0.25) is 5.91 Å². The molecular weight excluding hydrogens is 275 g/mol. The minimum absolute atomic E-state index is 0. The molecule has 0 saturated heterocycles. The normalized spacial score (nSPS) is 15.1. The summed E-state index contributed by atoms with van der Waals surface area (Å²) in [5.41, 5.74) is 0. The van der Waals surface area contributed by atoms with E-state index >= 15 is 0 Å². The second-order valence-corrected chi connectivity index (χ2v) is 4.26. The second-order valence-electron chi connectivity index (χ2n) is 4.26. The zero-order valence-corrected chi connectivity index (χ0v) is 12.3. The molecule has 0 radical (unpaired) electrons. The fourth-order valence-electron chi connectivity index (χ4n) is 2.07. The third-order valence-electron chi connectivity index (χ3n) is 2.99. The van der Waals surface area contributed by atoms with E-state index in [1.54, 1.807) is 6.20 Å². The number of hydrogen-bond acceptors (Lipinski definition) is 3. The monoisotopic (exact) mass is 294 g/mol. The SMILES string of the molecule is CNCC(C)C(=O)N1CCn2ccnc2C1.Cl.Cl. The van der Waals surface area contributed by atoms with Crippen LogP contribution >= 0.6 is 24.8 Å². The van der Waals surface area contributed by atoms with Crippen LogP contribution in [0.5, 0.6) is 0 Å². The van der Waals surface area contributed by atoms with Crippen LogP contribution in [0, 0.1) is 5.92 Å². The fourth-order valence-corrected chi connectivity index (χ4v) is 2.07. The Bertz CT molecular complexity index is 383. The molecule has 0 spiro atoms. The van der Waals surface area contributed by atoms with Gasteiger partial charge < -0.3 is 14.8 Å². The predicted molar refractivity (Wildman–Crippen MR) is 75.2 cm³/mol. The van der Waals surface area contributed by atoms with E-state index in [0.29, 0.717) is 6.54 Å². The molecule has 18 heavy (non-hydrogen) atoms. The van der Waals surface area contributed by atoms with E-state index in [1.165, 1.54) is 0 Å². The van der Waals surface area contributed by atoms with E-state index in [9.17, 15) is 4.79 Å². The quantitative estimate of drug-likeness (QED) is 0.902. The minimum Gasteiger partial charge on any atom is -0.333 e. The van der Waals surface area contributed by atoms with E-state index in [0.717, 1.165) is 25.5 Å². The third-order valence-corrected chi connectivity index (χ3v) is 2.99. The number of halogens is 2. The molecule has 1 amide bonds. The Balaban J connectivity index is 0.00000144. The van der Waals surface area contributed by atoms with Crippen molar-refractivity contribution in [2.45, 2.75) is 20.0 Å². The fraction of sp³-hybridized carbons (Fsp3) is 0.636. The van der Waals surface area contributed by atoms with Crippen LogP contribution in [0.1, 0.15) is 12.7 Å². The van der Waals surface area contributed by atoms with Crippen molar-refractivity contribution in [3.05, 3.63) is 18.2 Å². The van der Waals surface area contributed by atoms with E-state index in [2.05, 4.69) is 14.9 Å². The van der Waals surface area contributed by atoms with Crippen LogP contribution in [0.2, 0.25) is 0 Å². The number of fused-ring (bicyclic) bond motifs is 1. The Morgan fingerprint density at radius 1 is 1.50 bits per heavy atom.